The van der Waals surface area contributed by atoms with Crippen molar-refractivity contribution in [2.24, 2.45) is 0 Å². The maximum Gasteiger partial charge on any atom is 0.255 e. The molecule has 0 aliphatic heterocycles. The number of amides is 1. The van der Waals surface area contributed by atoms with Crippen molar-refractivity contribution >= 4 is 5.91 Å². The van der Waals surface area contributed by atoms with Gasteiger partial charge in [0.05, 0.1) is 18.3 Å². The minimum atomic E-state index is -0.116. The zero-order chi connectivity index (χ0) is 14.8. The number of nitrogens with one attached hydrogen (secondary N) is 2. The second kappa shape index (κ2) is 9.34. The fraction of sp³-hybridized carbons (Fsp3) is 0.533. The molecule has 0 aliphatic rings. The van der Waals surface area contributed by atoms with Crippen LogP contribution in [-0.4, -0.2) is 45.4 Å². The van der Waals surface area contributed by atoms with Gasteiger partial charge >= 0.3 is 0 Å². The van der Waals surface area contributed by atoms with Crippen molar-refractivity contribution in [2.75, 3.05) is 33.4 Å². The zero-order valence-corrected chi connectivity index (χ0v) is 12.4. The Morgan fingerprint density at radius 1 is 1.20 bits per heavy atom. The average molecular weight is 280 g/mol. The molecule has 20 heavy (non-hydrogen) atoms. The van der Waals surface area contributed by atoms with Gasteiger partial charge in [-0.2, -0.15) is 0 Å². The van der Waals surface area contributed by atoms with Crippen LogP contribution in [0.5, 0.6) is 5.75 Å². The predicted octanol–water partition coefficient (Wildman–Crippen LogP) is 1.44. The van der Waals surface area contributed by atoms with Gasteiger partial charge in [-0.3, -0.25) is 4.79 Å². The van der Waals surface area contributed by atoms with Gasteiger partial charge in [-0.15, -0.1) is 0 Å². The van der Waals surface area contributed by atoms with Crippen LogP contribution in [0.3, 0.4) is 0 Å². The highest BCUT2D eigenvalue weighted by molar-refractivity contribution is 5.96. The summed E-state index contributed by atoms with van der Waals surface area (Å²) in [6.07, 6.45) is 0.0414. The standard InChI is InChI=1S/C15H24N2O3/c1-12(2)20-14-7-5-4-6-13(14)15(18)17-9-8-16-10-11-19-3/h4-7,12,16H,8-11H2,1-3H3,(H,17,18). The first-order chi connectivity index (χ1) is 9.65. The van der Waals surface area contributed by atoms with Crippen molar-refractivity contribution in [3.63, 3.8) is 0 Å². The molecular formula is C15H24N2O3. The molecule has 0 aliphatic carbocycles. The normalized spacial score (nSPS) is 10.6. The summed E-state index contributed by atoms with van der Waals surface area (Å²) in [5, 5.41) is 6.04. The van der Waals surface area contributed by atoms with Crippen LogP contribution < -0.4 is 15.4 Å². The minimum Gasteiger partial charge on any atom is -0.490 e. The van der Waals surface area contributed by atoms with Gasteiger partial charge < -0.3 is 20.1 Å². The molecule has 1 aromatic carbocycles. The lowest BCUT2D eigenvalue weighted by atomic mass is 10.2. The van der Waals surface area contributed by atoms with E-state index in [1.165, 1.54) is 0 Å². The fourth-order valence-electron chi connectivity index (χ4n) is 1.67. The lowest BCUT2D eigenvalue weighted by Crippen LogP contribution is -2.33. The second-order valence-corrected chi connectivity index (χ2v) is 4.66. The van der Waals surface area contributed by atoms with Gasteiger partial charge in [0.2, 0.25) is 0 Å². The number of para-hydroxylation sites is 1. The van der Waals surface area contributed by atoms with Gasteiger partial charge in [-0.05, 0) is 26.0 Å². The van der Waals surface area contributed by atoms with Gasteiger partial charge in [0.1, 0.15) is 5.75 Å². The van der Waals surface area contributed by atoms with E-state index in [9.17, 15) is 4.79 Å². The molecule has 1 amide bonds. The van der Waals surface area contributed by atoms with E-state index in [0.717, 1.165) is 6.54 Å². The van der Waals surface area contributed by atoms with Gasteiger partial charge in [0.25, 0.3) is 5.91 Å². The van der Waals surface area contributed by atoms with Crippen LogP contribution in [0.4, 0.5) is 0 Å². The molecule has 5 heteroatoms. The summed E-state index contributed by atoms with van der Waals surface area (Å²) in [5.74, 6) is 0.502. The second-order valence-electron chi connectivity index (χ2n) is 4.66. The number of hydrogen-bond donors (Lipinski definition) is 2. The Balaban J connectivity index is 2.43. The Morgan fingerprint density at radius 2 is 1.95 bits per heavy atom. The molecule has 0 atom stereocenters. The Morgan fingerprint density at radius 3 is 2.65 bits per heavy atom. The largest absolute Gasteiger partial charge is 0.490 e. The molecule has 112 valence electrons. The van der Waals surface area contributed by atoms with Crippen LogP contribution in [0.15, 0.2) is 24.3 Å². The molecule has 0 saturated heterocycles. The van der Waals surface area contributed by atoms with Crippen molar-refractivity contribution < 1.29 is 14.3 Å². The Kier molecular flexibility index (Phi) is 7.69. The number of carbonyl (C=O) groups excluding carboxylic acids is 1. The first kappa shape index (κ1) is 16.5. The maximum atomic E-state index is 12.1. The molecule has 0 aromatic heterocycles. The number of hydrogen-bond acceptors (Lipinski definition) is 4. The summed E-state index contributed by atoms with van der Waals surface area (Å²) in [5.41, 5.74) is 0.568. The third-order valence-electron chi connectivity index (χ3n) is 2.56. The van der Waals surface area contributed by atoms with Crippen molar-refractivity contribution in [1.82, 2.24) is 10.6 Å². The highest BCUT2D eigenvalue weighted by Crippen LogP contribution is 2.18. The SMILES string of the molecule is COCCNCCNC(=O)c1ccccc1OC(C)C. The van der Waals surface area contributed by atoms with Crippen molar-refractivity contribution in [1.29, 1.82) is 0 Å². The van der Waals surface area contributed by atoms with Gasteiger partial charge in [-0.1, -0.05) is 12.1 Å². The summed E-state index contributed by atoms with van der Waals surface area (Å²) in [4.78, 5) is 12.1. The lowest BCUT2D eigenvalue weighted by molar-refractivity contribution is 0.0948. The summed E-state index contributed by atoms with van der Waals surface area (Å²) in [6, 6.07) is 7.27. The van der Waals surface area contributed by atoms with E-state index in [1.54, 1.807) is 13.2 Å². The molecule has 0 fully saturated rings. The van der Waals surface area contributed by atoms with E-state index in [2.05, 4.69) is 10.6 Å². The monoisotopic (exact) mass is 280 g/mol. The van der Waals surface area contributed by atoms with Gasteiger partial charge in [0, 0.05) is 26.7 Å². The van der Waals surface area contributed by atoms with E-state index in [1.807, 2.05) is 32.0 Å². The number of benzene rings is 1. The van der Waals surface area contributed by atoms with E-state index in [-0.39, 0.29) is 12.0 Å². The van der Waals surface area contributed by atoms with Crippen molar-refractivity contribution in [3.05, 3.63) is 29.8 Å². The van der Waals surface area contributed by atoms with Crippen LogP contribution in [0, 0.1) is 0 Å². The first-order valence-corrected chi connectivity index (χ1v) is 6.88. The molecular weight excluding hydrogens is 256 g/mol. The Bertz CT molecular complexity index is 408. The molecule has 1 rings (SSSR count). The summed E-state index contributed by atoms with van der Waals surface area (Å²) in [6.45, 7) is 6.60. The number of carbonyl (C=O) groups is 1. The maximum absolute atomic E-state index is 12.1. The molecule has 0 saturated carbocycles. The predicted molar refractivity (Wildman–Crippen MR) is 79.3 cm³/mol. The summed E-state index contributed by atoms with van der Waals surface area (Å²) < 4.78 is 10.6. The number of rotatable bonds is 9. The molecule has 0 unspecified atom stereocenters. The van der Waals surface area contributed by atoms with Crippen molar-refractivity contribution in [3.8, 4) is 5.75 Å². The van der Waals surface area contributed by atoms with Crippen LogP contribution in [-0.2, 0) is 4.74 Å². The first-order valence-electron chi connectivity index (χ1n) is 6.88. The van der Waals surface area contributed by atoms with E-state index < -0.39 is 0 Å². The smallest absolute Gasteiger partial charge is 0.255 e. The molecule has 0 heterocycles. The summed E-state index contributed by atoms with van der Waals surface area (Å²) in [7, 11) is 1.66. The topological polar surface area (TPSA) is 59.6 Å². The lowest BCUT2D eigenvalue weighted by Gasteiger charge is -2.14. The van der Waals surface area contributed by atoms with Crippen LogP contribution >= 0.6 is 0 Å². The molecule has 2 N–H and O–H groups in total. The van der Waals surface area contributed by atoms with Crippen LogP contribution in [0.25, 0.3) is 0 Å². The molecule has 0 radical (unpaired) electrons. The minimum absolute atomic E-state index is 0.0414. The molecule has 1 aromatic rings. The van der Waals surface area contributed by atoms with Gasteiger partial charge in [0.15, 0.2) is 0 Å². The Labute approximate surface area is 120 Å². The molecule has 5 nitrogen and oxygen atoms in total. The number of ether oxygens (including phenoxy) is 2. The fourth-order valence-corrected chi connectivity index (χ4v) is 1.67. The Hall–Kier alpha value is -1.59. The number of methoxy groups -OCH3 is 1. The van der Waals surface area contributed by atoms with Crippen LogP contribution in [0.2, 0.25) is 0 Å². The molecule has 0 spiro atoms. The zero-order valence-electron chi connectivity index (χ0n) is 12.4. The van der Waals surface area contributed by atoms with E-state index >= 15 is 0 Å². The van der Waals surface area contributed by atoms with Crippen LogP contribution in [0.1, 0.15) is 24.2 Å². The molecule has 0 bridgehead atoms. The average Bonchev–Trinajstić information content (AvgIpc) is 2.42. The third kappa shape index (κ3) is 6.04. The van der Waals surface area contributed by atoms with E-state index in [0.29, 0.717) is 31.0 Å². The summed E-state index contributed by atoms with van der Waals surface area (Å²) >= 11 is 0. The highest BCUT2D eigenvalue weighted by atomic mass is 16.5. The highest BCUT2D eigenvalue weighted by Gasteiger charge is 2.12. The quantitative estimate of drug-likeness (QED) is 0.672. The van der Waals surface area contributed by atoms with Crippen molar-refractivity contribution in [2.45, 2.75) is 20.0 Å². The van der Waals surface area contributed by atoms with E-state index in [4.69, 9.17) is 9.47 Å². The van der Waals surface area contributed by atoms with Gasteiger partial charge in [-0.25, -0.2) is 0 Å². The third-order valence-corrected chi connectivity index (χ3v) is 2.56.